The Morgan fingerprint density at radius 3 is 1.97 bits per heavy atom. The third kappa shape index (κ3) is 5.49. The molecule has 0 N–H and O–H groups in total. The van der Waals surface area contributed by atoms with E-state index in [1.54, 1.807) is 53.4 Å². The van der Waals surface area contributed by atoms with Gasteiger partial charge in [0.05, 0.1) is 23.9 Å². The molecule has 0 radical (unpaired) electrons. The number of hydrogen-bond donors (Lipinski definition) is 0. The van der Waals surface area contributed by atoms with E-state index >= 15 is 0 Å². The Hall–Kier alpha value is -2.31. The Morgan fingerprint density at radius 2 is 1.38 bits per heavy atom. The molecular formula is C23H29N3O6S2. The fourth-order valence-corrected chi connectivity index (χ4v) is 6.97. The zero-order valence-electron chi connectivity index (χ0n) is 19.1. The van der Waals surface area contributed by atoms with Gasteiger partial charge in [-0.2, -0.15) is 8.61 Å². The van der Waals surface area contributed by atoms with Crippen LogP contribution in [0.1, 0.15) is 21.5 Å². The van der Waals surface area contributed by atoms with Crippen molar-refractivity contribution in [2.45, 2.75) is 17.6 Å². The van der Waals surface area contributed by atoms with Crippen LogP contribution in [-0.4, -0.2) is 88.7 Å². The van der Waals surface area contributed by atoms with Crippen molar-refractivity contribution < 1.29 is 26.4 Å². The van der Waals surface area contributed by atoms with E-state index in [0.29, 0.717) is 37.4 Å². The first-order valence-electron chi connectivity index (χ1n) is 11.2. The van der Waals surface area contributed by atoms with Crippen molar-refractivity contribution in [1.29, 1.82) is 0 Å². The topological polar surface area (TPSA) is 104 Å². The largest absolute Gasteiger partial charge is 0.379 e. The molecule has 2 aromatic rings. The number of hydrogen-bond acceptors (Lipinski definition) is 6. The first-order chi connectivity index (χ1) is 16.2. The standard InChI is InChI=1S/C23H29N3O6S2/c1-19-2-8-22(9-3-19)34(30,31)26-12-10-24(11-13-26)23(27)21-6-4-20(5-7-21)18-33(28,29)25-14-16-32-17-15-25/h2-9H,10-18H2,1H3. The minimum absolute atomic E-state index is 0.128. The number of piperazine rings is 1. The first kappa shape index (κ1) is 24.8. The molecule has 0 spiro atoms. The average Bonchev–Trinajstić information content (AvgIpc) is 2.85. The van der Waals surface area contributed by atoms with E-state index in [9.17, 15) is 21.6 Å². The van der Waals surface area contributed by atoms with Crippen molar-refractivity contribution in [3.63, 3.8) is 0 Å². The summed E-state index contributed by atoms with van der Waals surface area (Å²) in [6.45, 7) is 4.41. The second kappa shape index (κ2) is 10.1. The van der Waals surface area contributed by atoms with Crippen molar-refractivity contribution in [3.05, 3.63) is 65.2 Å². The molecule has 9 nitrogen and oxygen atoms in total. The van der Waals surface area contributed by atoms with Gasteiger partial charge < -0.3 is 9.64 Å². The van der Waals surface area contributed by atoms with Gasteiger partial charge in [-0.1, -0.05) is 29.8 Å². The highest BCUT2D eigenvalue weighted by Crippen LogP contribution is 2.20. The molecule has 0 aromatic heterocycles. The molecule has 0 atom stereocenters. The third-order valence-electron chi connectivity index (χ3n) is 6.10. The monoisotopic (exact) mass is 507 g/mol. The van der Waals surface area contributed by atoms with Crippen LogP contribution in [0.25, 0.3) is 0 Å². The summed E-state index contributed by atoms with van der Waals surface area (Å²) < 4.78 is 59.0. The number of benzene rings is 2. The van der Waals surface area contributed by atoms with Gasteiger partial charge in [0.25, 0.3) is 5.91 Å². The van der Waals surface area contributed by atoms with Crippen molar-refractivity contribution in [2.24, 2.45) is 0 Å². The Labute approximate surface area is 201 Å². The van der Waals surface area contributed by atoms with E-state index in [1.165, 1.54) is 8.61 Å². The third-order valence-corrected chi connectivity index (χ3v) is 9.86. The zero-order valence-corrected chi connectivity index (χ0v) is 20.7. The number of aryl methyl sites for hydroxylation is 1. The highest BCUT2D eigenvalue weighted by Gasteiger charge is 2.30. The van der Waals surface area contributed by atoms with Gasteiger partial charge in [0.2, 0.25) is 20.0 Å². The summed E-state index contributed by atoms with van der Waals surface area (Å²) in [6.07, 6.45) is 0. The molecule has 2 heterocycles. The van der Waals surface area contributed by atoms with E-state index in [4.69, 9.17) is 4.74 Å². The Bertz CT molecular complexity index is 1210. The van der Waals surface area contributed by atoms with E-state index in [2.05, 4.69) is 0 Å². The molecule has 2 saturated heterocycles. The molecule has 2 aliphatic rings. The lowest BCUT2D eigenvalue weighted by Crippen LogP contribution is -2.50. The van der Waals surface area contributed by atoms with Crippen molar-refractivity contribution >= 4 is 26.0 Å². The summed E-state index contributed by atoms with van der Waals surface area (Å²) in [6, 6.07) is 13.3. The lowest BCUT2D eigenvalue weighted by atomic mass is 10.1. The van der Waals surface area contributed by atoms with Crippen LogP contribution in [0, 0.1) is 6.92 Å². The van der Waals surface area contributed by atoms with Crippen molar-refractivity contribution in [1.82, 2.24) is 13.5 Å². The molecule has 0 bridgehead atoms. The number of ether oxygens (including phenoxy) is 1. The number of nitrogens with zero attached hydrogens (tertiary/aromatic N) is 3. The van der Waals surface area contributed by atoms with Gasteiger partial charge in [-0.3, -0.25) is 4.79 Å². The summed E-state index contributed by atoms with van der Waals surface area (Å²) in [7, 11) is -7.04. The number of carbonyl (C=O) groups excluding carboxylic acids is 1. The van der Waals surface area contributed by atoms with Gasteiger partial charge in [0, 0.05) is 44.8 Å². The molecule has 2 aliphatic heterocycles. The van der Waals surface area contributed by atoms with Crippen LogP contribution < -0.4 is 0 Å². The summed E-state index contributed by atoms with van der Waals surface area (Å²) in [5.41, 5.74) is 2.04. The zero-order chi connectivity index (χ0) is 24.3. The molecule has 184 valence electrons. The normalized spacial score (nSPS) is 18.7. The maximum atomic E-state index is 12.9. The van der Waals surface area contributed by atoms with E-state index < -0.39 is 20.0 Å². The van der Waals surface area contributed by atoms with Crippen LogP contribution in [0.3, 0.4) is 0 Å². The lowest BCUT2D eigenvalue weighted by Gasteiger charge is -2.34. The molecule has 34 heavy (non-hydrogen) atoms. The molecule has 0 saturated carbocycles. The summed E-state index contributed by atoms with van der Waals surface area (Å²) in [5.74, 6) is -0.327. The maximum Gasteiger partial charge on any atom is 0.253 e. The predicted octanol–water partition coefficient (Wildman–Crippen LogP) is 1.30. The van der Waals surface area contributed by atoms with Gasteiger partial charge >= 0.3 is 0 Å². The summed E-state index contributed by atoms with van der Waals surface area (Å²) in [4.78, 5) is 14.8. The molecule has 2 aromatic carbocycles. The van der Waals surface area contributed by atoms with Crippen LogP contribution in [-0.2, 0) is 30.5 Å². The number of amides is 1. The van der Waals surface area contributed by atoms with Crippen LogP contribution in [0.5, 0.6) is 0 Å². The number of morpholine rings is 1. The average molecular weight is 508 g/mol. The van der Waals surface area contributed by atoms with Gasteiger partial charge in [0.1, 0.15) is 0 Å². The van der Waals surface area contributed by atoms with Crippen LogP contribution in [0.2, 0.25) is 0 Å². The Morgan fingerprint density at radius 1 is 0.794 bits per heavy atom. The second-order valence-electron chi connectivity index (χ2n) is 8.47. The maximum absolute atomic E-state index is 12.9. The van der Waals surface area contributed by atoms with Crippen molar-refractivity contribution in [2.75, 3.05) is 52.5 Å². The first-order valence-corrected chi connectivity index (χ1v) is 14.2. The van der Waals surface area contributed by atoms with Crippen LogP contribution in [0.4, 0.5) is 0 Å². The minimum Gasteiger partial charge on any atom is -0.379 e. The molecule has 2 fully saturated rings. The predicted molar refractivity (Wildman–Crippen MR) is 127 cm³/mol. The van der Waals surface area contributed by atoms with Gasteiger partial charge in [-0.15, -0.1) is 0 Å². The SMILES string of the molecule is Cc1ccc(S(=O)(=O)N2CCN(C(=O)c3ccc(CS(=O)(=O)N4CCOCC4)cc3)CC2)cc1. The number of rotatable bonds is 6. The van der Waals surface area contributed by atoms with E-state index in [-0.39, 0.29) is 42.7 Å². The molecule has 0 aliphatic carbocycles. The molecule has 0 unspecified atom stereocenters. The number of carbonyl (C=O) groups is 1. The quantitative estimate of drug-likeness (QED) is 0.584. The highest BCUT2D eigenvalue weighted by molar-refractivity contribution is 7.89. The molecular weight excluding hydrogens is 478 g/mol. The highest BCUT2D eigenvalue weighted by atomic mass is 32.2. The minimum atomic E-state index is -3.60. The van der Waals surface area contributed by atoms with Crippen LogP contribution in [0.15, 0.2) is 53.4 Å². The molecule has 1 amide bonds. The van der Waals surface area contributed by atoms with Gasteiger partial charge in [-0.25, -0.2) is 16.8 Å². The van der Waals surface area contributed by atoms with E-state index in [0.717, 1.165) is 5.56 Å². The molecule has 11 heteroatoms. The van der Waals surface area contributed by atoms with Crippen molar-refractivity contribution in [3.8, 4) is 0 Å². The summed E-state index contributed by atoms with van der Waals surface area (Å²) >= 11 is 0. The van der Waals surface area contributed by atoms with Gasteiger partial charge in [-0.05, 0) is 36.8 Å². The lowest BCUT2D eigenvalue weighted by molar-refractivity contribution is 0.0698. The Balaban J connectivity index is 1.35. The second-order valence-corrected chi connectivity index (χ2v) is 12.4. The summed E-state index contributed by atoms with van der Waals surface area (Å²) in [5, 5.41) is 0. The fourth-order valence-electron chi connectivity index (χ4n) is 4.04. The van der Waals surface area contributed by atoms with Gasteiger partial charge in [0.15, 0.2) is 0 Å². The molecule has 4 rings (SSSR count). The number of sulfonamides is 2. The fraction of sp³-hybridized carbons (Fsp3) is 0.435. The van der Waals surface area contributed by atoms with Crippen LogP contribution >= 0.6 is 0 Å². The smallest absolute Gasteiger partial charge is 0.253 e. The van der Waals surface area contributed by atoms with E-state index in [1.807, 2.05) is 6.92 Å². The Kier molecular flexibility index (Phi) is 7.39.